The third-order valence-corrected chi connectivity index (χ3v) is 7.02. The molecule has 9 heteroatoms. The lowest BCUT2D eigenvalue weighted by atomic mass is 10.0. The highest BCUT2D eigenvalue weighted by atomic mass is 16.5. The van der Waals surface area contributed by atoms with E-state index in [1.165, 1.54) is 0 Å². The summed E-state index contributed by atoms with van der Waals surface area (Å²) in [7, 11) is 1.62. The third kappa shape index (κ3) is 4.95. The van der Waals surface area contributed by atoms with E-state index >= 15 is 0 Å². The molecule has 3 aromatic heterocycles. The zero-order valence-electron chi connectivity index (χ0n) is 21.4. The van der Waals surface area contributed by atoms with Crippen molar-refractivity contribution in [3.63, 3.8) is 0 Å². The van der Waals surface area contributed by atoms with E-state index < -0.39 is 0 Å². The Morgan fingerprint density at radius 3 is 2.78 bits per heavy atom. The van der Waals surface area contributed by atoms with Crippen LogP contribution in [0.25, 0.3) is 16.6 Å². The number of aromatic hydroxyl groups is 1. The summed E-state index contributed by atoms with van der Waals surface area (Å²) in [4.78, 5) is 9.12. The molecule has 37 heavy (non-hydrogen) atoms. The number of phenols is 1. The first-order valence-electron chi connectivity index (χ1n) is 12.6. The van der Waals surface area contributed by atoms with Gasteiger partial charge in [-0.1, -0.05) is 6.92 Å². The number of amidine groups is 1. The lowest BCUT2D eigenvalue weighted by molar-refractivity contribution is 0.397. The molecule has 0 bridgehead atoms. The number of pyridine rings is 1. The predicted octanol–water partition coefficient (Wildman–Crippen LogP) is 4.31. The molecule has 0 unspecified atom stereocenters. The Hall–Kier alpha value is -4.11. The number of anilines is 1. The van der Waals surface area contributed by atoms with Crippen LogP contribution in [0.2, 0.25) is 0 Å². The maximum absolute atomic E-state index is 9.77. The number of phenolic OH excluding ortho intramolecular Hbond substituents is 1. The highest BCUT2D eigenvalue weighted by Crippen LogP contribution is 2.34. The lowest BCUT2D eigenvalue weighted by Crippen LogP contribution is -2.24. The number of nitrogens with zero attached hydrogens (tertiary/aromatic N) is 4. The summed E-state index contributed by atoms with van der Waals surface area (Å²) >= 11 is 0. The van der Waals surface area contributed by atoms with E-state index in [0.717, 1.165) is 59.1 Å². The van der Waals surface area contributed by atoms with Gasteiger partial charge in [0.25, 0.3) is 0 Å². The summed E-state index contributed by atoms with van der Waals surface area (Å²) in [5, 5.41) is 18.2. The van der Waals surface area contributed by atoms with Crippen LogP contribution in [0.5, 0.6) is 11.6 Å². The highest BCUT2D eigenvalue weighted by Gasteiger charge is 2.25. The van der Waals surface area contributed by atoms with Crippen LogP contribution in [0, 0.1) is 6.92 Å². The van der Waals surface area contributed by atoms with E-state index in [2.05, 4.69) is 33.4 Å². The van der Waals surface area contributed by atoms with Crippen molar-refractivity contribution in [2.45, 2.75) is 51.6 Å². The lowest BCUT2D eigenvalue weighted by Gasteiger charge is -2.18. The summed E-state index contributed by atoms with van der Waals surface area (Å²) < 4.78 is 7.18. The molecule has 5 rings (SSSR count). The largest absolute Gasteiger partial charge is 0.508 e. The fourth-order valence-corrected chi connectivity index (χ4v) is 5.00. The van der Waals surface area contributed by atoms with E-state index in [4.69, 9.17) is 16.2 Å². The molecule has 6 N–H and O–H groups in total. The van der Waals surface area contributed by atoms with Gasteiger partial charge >= 0.3 is 0 Å². The topological polar surface area (TPSA) is 136 Å². The Morgan fingerprint density at radius 1 is 1.24 bits per heavy atom. The zero-order valence-corrected chi connectivity index (χ0v) is 21.4. The number of ether oxygens (including phenoxy) is 1. The maximum atomic E-state index is 9.77. The molecule has 1 aliphatic carbocycles. The second kappa shape index (κ2) is 10.1. The fraction of sp³-hybridized carbons (Fsp3) is 0.321. The standard InChI is InChI=1S/C28H33N7O2/c1-4-17-11-26(37-3)31-13-22(17)18-10-25-27(33-20-6-5-19(29)12-20)23(14-32-35(25)15-18)28(30)34-24-8-7-21(36)9-16(24)2/h7-11,13-15,19-20,33,36H,4-6,12,29H2,1-3H3,(H2,30,34)/t19-,20+/m0/s1. The number of hydrogen-bond donors (Lipinski definition) is 4. The summed E-state index contributed by atoms with van der Waals surface area (Å²) in [6, 6.07) is 9.52. The van der Waals surface area contributed by atoms with Crippen molar-refractivity contribution in [2.75, 3.05) is 12.4 Å². The molecule has 1 aliphatic rings. The van der Waals surface area contributed by atoms with Gasteiger partial charge < -0.3 is 26.6 Å². The van der Waals surface area contributed by atoms with Crippen LogP contribution in [0.3, 0.4) is 0 Å². The molecule has 9 nitrogen and oxygen atoms in total. The van der Waals surface area contributed by atoms with E-state index in [1.807, 2.05) is 29.9 Å². The van der Waals surface area contributed by atoms with Gasteiger partial charge in [0.1, 0.15) is 11.6 Å². The minimum absolute atomic E-state index is 0.185. The van der Waals surface area contributed by atoms with Gasteiger partial charge in [-0.25, -0.2) is 14.5 Å². The maximum Gasteiger partial charge on any atom is 0.213 e. The number of aryl methyl sites for hydroxylation is 2. The average molecular weight is 500 g/mol. The summed E-state index contributed by atoms with van der Waals surface area (Å²) in [5.41, 5.74) is 20.0. The smallest absolute Gasteiger partial charge is 0.213 e. The Bertz CT molecular complexity index is 1480. The zero-order chi connectivity index (χ0) is 26.1. The van der Waals surface area contributed by atoms with Crippen LogP contribution in [-0.2, 0) is 6.42 Å². The van der Waals surface area contributed by atoms with E-state index in [1.54, 1.807) is 31.5 Å². The van der Waals surface area contributed by atoms with E-state index in [0.29, 0.717) is 23.0 Å². The second-order valence-corrected chi connectivity index (χ2v) is 9.61. The quantitative estimate of drug-likeness (QED) is 0.220. The number of methoxy groups -OCH3 is 1. The highest BCUT2D eigenvalue weighted by molar-refractivity contribution is 6.06. The number of aliphatic imine (C=N–C) groups is 1. The Balaban J connectivity index is 1.63. The number of aromatic nitrogens is 3. The van der Waals surface area contributed by atoms with Gasteiger partial charge in [-0.05, 0) is 68.0 Å². The molecule has 1 saturated carbocycles. The molecule has 3 heterocycles. The van der Waals surface area contributed by atoms with Crippen LogP contribution < -0.4 is 21.5 Å². The Labute approximate surface area is 216 Å². The molecule has 0 saturated heterocycles. The van der Waals surface area contributed by atoms with Crippen molar-refractivity contribution < 1.29 is 9.84 Å². The number of rotatable bonds is 7. The molecule has 192 valence electrons. The van der Waals surface area contributed by atoms with Crippen LogP contribution >= 0.6 is 0 Å². The minimum atomic E-state index is 0.185. The van der Waals surface area contributed by atoms with E-state index in [9.17, 15) is 5.11 Å². The first-order valence-corrected chi connectivity index (χ1v) is 12.6. The number of fused-ring (bicyclic) bond motifs is 1. The molecule has 0 spiro atoms. The van der Waals surface area contributed by atoms with Gasteiger partial charge in [-0.15, -0.1) is 0 Å². The molecule has 2 atom stereocenters. The Kier molecular flexibility index (Phi) is 6.71. The van der Waals surface area contributed by atoms with Crippen molar-refractivity contribution in [2.24, 2.45) is 16.5 Å². The van der Waals surface area contributed by atoms with Gasteiger partial charge in [0.05, 0.1) is 35.8 Å². The first-order chi connectivity index (χ1) is 17.9. The van der Waals surface area contributed by atoms with Crippen molar-refractivity contribution in [1.29, 1.82) is 0 Å². The third-order valence-electron chi connectivity index (χ3n) is 7.02. The summed E-state index contributed by atoms with van der Waals surface area (Å²) in [5.74, 6) is 1.13. The number of hydrogen-bond acceptors (Lipinski definition) is 7. The molecule has 0 aliphatic heterocycles. The monoisotopic (exact) mass is 499 g/mol. The molecular weight excluding hydrogens is 466 g/mol. The van der Waals surface area contributed by atoms with Gasteiger partial charge in [0.15, 0.2) is 0 Å². The SMILES string of the molecule is CCc1cc(OC)ncc1-c1cc2c(N[C@@H]3CC[C@H](N)C3)c(C(N)=Nc3ccc(O)cc3C)cnn2c1. The van der Waals surface area contributed by atoms with E-state index in [-0.39, 0.29) is 17.8 Å². The minimum Gasteiger partial charge on any atom is -0.508 e. The van der Waals surface area contributed by atoms with Gasteiger partial charge in [0.2, 0.25) is 5.88 Å². The van der Waals surface area contributed by atoms with Crippen molar-refractivity contribution >= 4 is 22.7 Å². The predicted molar refractivity (Wildman–Crippen MR) is 147 cm³/mol. The van der Waals surface area contributed by atoms with Gasteiger partial charge in [-0.2, -0.15) is 5.10 Å². The average Bonchev–Trinajstić information content (AvgIpc) is 3.51. The number of nitrogens with two attached hydrogens (primary N) is 2. The molecular formula is C28H33N7O2. The second-order valence-electron chi connectivity index (χ2n) is 9.61. The fourth-order valence-electron chi connectivity index (χ4n) is 5.00. The van der Waals surface area contributed by atoms with Crippen molar-refractivity contribution in [3.8, 4) is 22.8 Å². The van der Waals surface area contributed by atoms with Crippen LogP contribution in [0.15, 0.2) is 53.9 Å². The van der Waals surface area contributed by atoms with Crippen molar-refractivity contribution in [3.05, 3.63) is 65.6 Å². The van der Waals surface area contributed by atoms with Gasteiger partial charge in [-0.3, -0.25) is 0 Å². The molecule has 0 amide bonds. The molecule has 1 fully saturated rings. The number of benzene rings is 1. The first kappa shape index (κ1) is 24.6. The molecule has 4 aromatic rings. The van der Waals surface area contributed by atoms with Crippen LogP contribution in [0.1, 0.15) is 42.9 Å². The summed E-state index contributed by atoms with van der Waals surface area (Å²) in [6.07, 6.45) is 9.29. The Morgan fingerprint density at radius 2 is 2.08 bits per heavy atom. The number of nitrogens with one attached hydrogen (secondary N) is 1. The van der Waals surface area contributed by atoms with Crippen LogP contribution in [0.4, 0.5) is 11.4 Å². The molecule has 0 radical (unpaired) electrons. The summed E-state index contributed by atoms with van der Waals surface area (Å²) in [6.45, 7) is 4.00. The van der Waals surface area contributed by atoms with Crippen LogP contribution in [-0.4, -0.2) is 44.7 Å². The molecule has 1 aromatic carbocycles. The normalized spacial score (nSPS) is 17.9. The van der Waals surface area contributed by atoms with Gasteiger partial charge in [0, 0.05) is 41.7 Å². The van der Waals surface area contributed by atoms with Crippen molar-refractivity contribution in [1.82, 2.24) is 14.6 Å².